The van der Waals surface area contributed by atoms with Crippen LogP contribution in [0.1, 0.15) is 38.3 Å². The van der Waals surface area contributed by atoms with Crippen molar-refractivity contribution in [2.45, 2.75) is 45.1 Å². The second-order valence-electron chi connectivity index (χ2n) is 6.30. The van der Waals surface area contributed by atoms with Gasteiger partial charge in [0.15, 0.2) is 0 Å². The Balaban J connectivity index is 1.74. The van der Waals surface area contributed by atoms with Crippen LogP contribution in [0.25, 0.3) is 0 Å². The Morgan fingerprint density at radius 1 is 1.38 bits per heavy atom. The SMILES string of the molecule is CC[C@@H]1CCCCN1C(=O)NCC(=O)N(C)CCc1ccccn1. The van der Waals surface area contributed by atoms with Crippen molar-refractivity contribution in [3.63, 3.8) is 0 Å². The molecule has 1 aliphatic rings. The van der Waals surface area contributed by atoms with Gasteiger partial charge in [-0.15, -0.1) is 0 Å². The maximum absolute atomic E-state index is 12.3. The van der Waals surface area contributed by atoms with E-state index in [0.29, 0.717) is 19.0 Å². The number of carbonyl (C=O) groups is 2. The largest absolute Gasteiger partial charge is 0.344 e. The zero-order valence-electron chi connectivity index (χ0n) is 14.7. The molecule has 1 aliphatic heterocycles. The number of aromatic nitrogens is 1. The molecule has 0 saturated carbocycles. The van der Waals surface area contributed by atoms with E-state index in [0.717, 1.165) is 31.5 Å². The summed E-state index contributed by atoms with van der Waals surface area (Å²) in [4.78, 5) is 32.3. The highest BCUT2D eigenvalue weighted by molar-refractivity contribution is 5.84. The van der Waals surface area contributed by atoms with Crippen molar-refractivity contribution in [1.29, 1.82) is 0 Å². The standard InChI is InChI=1S/C18H28N4O2/c1-3-16-9-5-7-12-22(16)18(24)20-14-17(23)21(2)13-10-15-8-4-6-11-19-15/h4,6,8,11,16H,3,5,7,9-10,12-14H2,1-2H3,(H,20,24)/t16-/m1/s1. The van der Waals surface area contributed by atoms with E-state index in [4.69, 9.17) is 0 Å². The average Bonchev–Trinajstić information content (AvgIpc) is 2.64. The molecule has 0 aromatic carbocycles. The third-order valence-electron chi connectivity index (χ3n) is 4.61. The first-order chi connectivity index (χ1) is 11.6. The number of hydrogen-bond acceptors (Lipinski definition) is 3. The van der Waals surface area contributed by atoms with Crippen molar-refractivity contribution in [3.05, 3.63) is 30.1 Å². The number of piperidine rings is 1. The summed E-state index contributed by atoms with van der Waals surface area (Å²) in [6.45, 7) is 3.53. The van der Waals surface area contributed by atoms with Crippen molar-refractivity contribution in [3.8, 4) is 0 Å². The molecule has 3 amide bonds. The smallest absolute Gasteiger partial charge is 0.318 e. The summed E-state index contributed by atoms with van der Waals surface area (Å²) in [5, 5.41) is 2.78. The van der Waals surface area contributed by atoms with Gasteiger partial charge in [0.25, 0.3) is 0 Å². The van der Waals surface area contributed by atoms with Crippen LogP contribution in [0, 0.1) is 0 Å². The number of hydrogen-bond donors (Lipinski definition) is 1. The fraction of sp³-hybridized carbons (Fsp3) is 0.611. The van der Waals surface area contributed by atoms with Crippen LogP contribution < -0.4 is 5.32 Å². The van der Waals surface area contributed by atoms with Gasteiger partial charge in [0.2, 0.25) is 5.91 Å². The van der Waals surface area contributed by atoms with E-state index in [1.807, 2.05) is 23.1 Å². The Kier molecular flexibility index (Phi) is 7.03. The second kappa shape index (κ2) is 9.25. The van der Waals surface area contributed by atoms with Crippen molar-refractivity contribution in [2.75, 3.05) is 26.7 Å². The normalized spacial score (nSPS) is 17.4. The predicted octanol–water partition coefficient (Wildman–Crippen LogP) is 2.06. The minimum atomic E-state index is -0.118. The Bertz CT molecular complexity index is 535. The molecule has 2 heterocycles. The van der Waals surface area contributed by atoms with Gasteiger partial charge in [-0.3, -0.25) is 9.78 Å². The highest BCUT2D eigenvalue weighted by atomic mass is 16.2. The quantitative estimate of drug-likeness (QED) is 0.867. The lowest BCUT2D eigenvalue weighted by molar-refractivity contribution is -0.128. The van der Waals surface area contributed by atoms with E-state index in [1.165, 1.54) is 6.42 Å². The van der Waals surface area contributed by atoms with E-state index in [2.05, 4.69) is 17.2 Å². The molecule has 0 unspecified atom stereocenters. The first-order valence-electron chi connectivity index (χ1n) is 8.80. The highest BCUT2D eigenvalue weighted by Gasteiger charge is 2.25. The first kappa shape index (κ1) is 18.2. The Morgan fingerprint density at radius 2 is 2.21 bits per heavy atom. The summed E-state index contributed by atoms with van der Waals surface area (Å²) in [5.74, 6) is -0.0793. The van der Waals surface area contributed by atoms with Crippen molar-refractivity contribution < 1.29 is 9.59 Å². The molecule has 1 N–H and O–H groups in total. The van der Waals surface area contributed by atoms with Gasteiger partial charge in [-0.25, -0.2) is 4.79 Å². The second-order valence-corrected chi connectivity index (χ2v) is 6.30. The van der Waals surface area contributed by atoms with E-state index in [9.17, 15) is 9.59 Å². The van der Waals surface area contributed by atoms with Gasteiger partial charge in [0.05, 0.1) is 6.54 Å². The van der Waals surface area contributed by atoms with Gasteiger partial charge >= 0.3 is 6.03 Å². The topological polar surface area (TPSA) is 65.5 Å². The number of urea groups is 1. The highest BCUT2D eigenvalue weighted by Crippen LogP contribution is 2.19. The summed E-state index contributed by atoms with van der Waals surface area (Å²) in [5.41, 5.74) is 0.959. The summed E-state index contributed by atoms with van der Waals surface area (Å²) < 4.78 is 0. The minimum absolute atomic E-state index is 0.0461. The molecule has 2 rings (SSSR count). The molecule has 0 spiro atoms. The van der Waals surface area contributed by atoms with Gasteiger partial charge in [0, 0.05) is 44.5 Å². The van der Waals surface area contributed by atoms with Crippen LogP contribution >= 0.6 is 0 Å². The number of carbonyl (C=O) groups excluding carboxylic acids is 2. The zero-order valence-corrected chi connectivity index (χ0v) is 14.7. The molecular weight excluding hydrogens is 304 g/mol. The Labute approximate surface area is 144 Å². The molecule has 0 radical (unpaired) electrons. The van der Waals surface area contributed by atoms with Crippen LogP contribution in [0.5, 0.6) is 0 Å². The minimum Gasteiger partial charge on any atom is -0.344 e. The summed E-state index contributed by atoms with van der Waals surface area (Å²) in [7, 11) is 1.76. The third kappa shape index (κ3) is 5.22. The molecule has 6 heteroatoms. The van der Waals surface area contributed by atoms with Crippen molar-refractivity contribution in [2.24, 2.45) is 0 Å². The molecule has 1 atom stereocenters. The molecular formula is C18H28N4O2. The average molecular weight is 332 g/mol. The number of nitrogens with zero attached hydrogens (tertiary/aromatic N) is 3. The van der Waals surface area contributed by atoms with Crippen LogP contribution in [0.3, 0.4) is 0 Å². The molecule has 1 aromatic heterocycles. The van der Waals surface area contributed by atoms with Crippen molar-refractivity contribution >= 4 is 11.9 Å². The van der Waals surface area contributed by atoms with Gasteiger partial charge in [0.1, 0.15) is 0 Å². The number of pyridine rings is 1. The van der Waals surface area contributed by atoms with E-state index in [1.54, 1.807) is 18.1 Å². The molecule has 132 valence electrons. The van der Waals surface area contributed by atoms with Crippen LogP contribution in [0.4, 0.5) is 4.79 Å². The number of nitrogens with one attached hydrogen (secondary N) is 1. The fourth-order valence-electron chi connectivity index (χ4n) is 3.03. The molecule has 0 aliphatic carbocycles. The van der Waals surface area contributed by atoms with Crippen LogP contribution in [0.15, 0.2) is 24.4 Å². The lowest BCUT2D eigenvalue weighted by atomic mass is 10.0. The third-order valence-corrected chi connectivity index (χ3v) is 4.61. The van der Waals surface area contributed by atoms with Crippen LogP contribution in [-0.4, -0.2) is 59.4 Å². The van der Waals surface area contributed by atoms with Gasteiger partial charge in [-0.05, 0) is 37.8 Å². The lowest BCUT2D eigenvalue weighted by Crippen LogP contribution is -2.50. The zero-order chi connectivity index (χ0) is 17.4. The number of rotatable bonds is 6. The first-order valence-corrected chi connectivity index (χ1v) is 8.80. The Morgan fingerprint density at radius 3 is 2.92 bits per heavy atom. The molecule has 1 aromatic rings. The van der Waals surface area contributed by atoms with E-state index >= 15 is 0 Å². The van der Waals surface area contributed by atoms with E-state index in [-0.39, 0.29) is 18.5 Å². The van der Waals surface area contributed by atoms with Crippen LogP contribution in [0.2, 0.25) is 0 Å². The number of amides is 3. The maximum atomic E-state index is 12.3. The molecule has 0 bridgehead atoms. The molecule has 6 nitrogen and oxygen atoms in total. The van der Waals surface area contributed by atoms with Crippen molar-refractivity contribution in [1.82, 2.24) is 20.1 Å². The molecule has 1 saturated heterocycles. The lowest BCUT2D eigenvalue weighted by Gasteiger charge is -2.35. The number of likely N-dealkylation sites (N-methyl/N-ethyl adjacent to an activating group) is 1. The molecule has 24 heavy (non-hydrogen) atoms. The number of likely N-dealkylation sites (tertiary alicyclic amines) is 1. The van der Waals surface area contributed by atoms with Gasteiger partial charge in [-0.2, -0.15) is 0 Å². The van der Waals surface area contributed by atoms with Crippen LogP contribution in [-0.2, 0) is 11.2 Å². The summed E-state index contributed by atoms with van der Waals surface area (Å²) >= 11 is 0. The van der Waals surface area contributed by atoms with Gasteiger partial charge < -0.3 is 15.1 Å². The predicted molar refractivity (Wildman–Crippen MR) is 93.6 cm³/mol. The summed E-state index contributed by atoms with van der Waals surface area (Å²) in [6.07, 6.45) is 6.70. The Hall–Kier alpha value is -2.11. The van der Waals surface area contributed by atoms with E-state index < -0.39 is 0 Å². The maximum Gasteiger partial charge on any atom is 0.318 e. The summed E-state index contributed by atoms with van der Waals surface area (Å²) in [6, 6.07) is 5.94. The fourth-order valence-corrected chi connectivity index (χ4v) is 3.03. The van der Waals surface area contributed by atoms with Gasteiger partial charge in [-0.1, -0.05) is 13.0 Å². The molecule has 1 fully saturated rings. The monoisotopic (exact) mass is 332 g/mol.